The van der Waals surface area contributed by atoms with Crippen LogP contribution in [0.1, 0.15) is 26.3 Å². The molecule has 0 aliphatic rings. The number of ether oxygens (including phenoxy) is 1. The van der Waals surface area contributed by atoms with Crippen LogP contribution in [0.4, 0.5) is 11.4 Å². The Bertz CT molecular complexity index is 1540. The molecule has 10 heteroatoms. The molecule has 0 fully saturated rings. The van der Waals surface area contributed by atoms with Crippen molar-refractivity contribution in [2.75, 3.05) is 10.6 Å². The first-order valence-corrected chi connectivity index (χ1v) is 11.9. The first-order valence-electron chi connectivity index (χ1n) is 11.6. The smallest absolute Gasteiger partial charge is 0.345 e. The van der Waals surface area contributed by atoms with Crippen LogP contribution in [0, 0.1) is 0 Å². The van der Waals surface area contributed by atoms with Crippen LogP contribution in [0.25, 0.3) is 0 Å². The van der Waals surface area contributed by atoms with Crippen molar-refractivity contribution in [2.24, 2.45) is 5.10 Å². The third-order valence-electron chi connectivity index (χ3n) is 5.22. The molecular formula is C29H21ClN4O5. The molecule has 3 amide bonds. The number of carbonyl (C=O) groups excluding carboxylic acids is 4. The molecule has 194 valence electrons. The Morgan fingerprint density at radius 3 is 2.05 bits per heavy atom. The molecule has 4 aromatic rings. The molecule has 0 heterocycles. The number of hydrogen-bond acceptors (Lipinski definition) is 6. The Hall–Kier alpha value is -5.28. The summed E-state index contributed by atoms with van der Waals surface area (Å²) < 4.78 is 5.31. The molecule has 0 saturated heterocycles. The fourth-order valence-electron chi connectivity index (χ4n) is 3.32. The Labute approximate surface area is 228 Å². The average molecular weight is 541 g/mol. The van der Waals surface area contributed by atoms with Crippen molar-refractivity contribution in [3.05, 3.63) is 125 Å². The highest BCUT2D eigenvalue weighted by Gasteiger charge is 2.18. The number of esters is 1. The minimum atomic E-state index is -1.03. The van der Waals surface area contributed by atoms with Crippen molar-refractivity contribution in [3.8, 4) is 5.75 Å². The van der Waals surface area contributed by atoms with E-state index in [1.807, 2.05) is 6.07 Å². The molecule has 0 spiro atoms. The zero-order valence-electron chi connectivity index (χ0n) is 20.3. The maximum absolute atomic E-state index is 12.7. The van der Waals surface area contributed by atoms with Crippen molar-refractivity contribution in [3.63, 3.8) is 0 Å². The maximum atomic E-state index is 12.7. The number of hydrazone groups is 1. The van der Waals surface area contributed by atoms with E-state index in [1.54, 1.807) is 84.9 Å². The molecule has 39 heavy (non-hydrogen) atoms. The highest BCUT2D eigenvalue weighted by Crippen LogP contribution is 2.19. The first kappa shape index (κ1) is 26.8. The normalized spacial score (nSPS) is 10.5. The van der Waals surface area contributed by atoms with Gasteiger partial charge in [0.25, 0.3) is 5.91 Å². The number of para-hydroxylation sites is 2. The lowest BCUT2D eigenvalue weighted by Crippen LogP contribution is -2.33. The third kappa shape index (κ3) is 7.37. The monoisotopic (exact) mass is 540 g/mol. The van der Waals surface area contributed by atoms with E-state index in [1.165, 1.54) is 18.3 Å². The van der Waals surface area contributed by atoms with Crippen molar-refractivity contribution < 1.29 is 23.9 Å². The number of halogens is 1. The second-order valence-corrected chi connectivity index (χ2v) is 8.36. The second-order valence-electron chi connectivity index (χ2n) is 7.96. The quantitative estimate of drug-likeness (QED) is 0.101. The fourth-order valence-corrected chi connectivity index (χ4v) is 3.53. The van der Waals surface area contributed by atoms with Crippen LogP contribution < -0.4 is 20.8 Å². The van der Waals surface area contributed by atoms with Gasteiger partial charge in [-0.25, -0.2) is 10.2 Å². The lowest BCUT2D eigenvalue weighted by molar-refractivity contribution is -0.136. The molecular weight excluding hydrogens is 520 g/mol. The van der Waals surface area contributed by atoms with Gasteiger partial charge in [-0.3, -0.25) is 14.4 Å². The number of benzene rings is 4. The minimum absolute atomic E-state index is 0.164. The molecule has 0 aliphatic heterocycles. The van der Waals surface area contributed by atoms with E-state index in [2.05, 4.69) is 21.2 Å². The summed E-state index contributed by atoms with van der Waals surface area (Å²) in [5.74, 6) is -2.80. The molecule has 3 N–H and O–H groups in total. The van der Waals surface area contributed by atoms with Crippen molar-refractivity contribution in [1.29, 1.82) is 0 Å². The van der Waals surface area contributed by atoms with Gasteiger partial charge >= 0.3 is 17.8 Å². The molecule has 0 unspecified atom stereocenters. The summed E-state index contributed by atoms with van der Waals surface area (Å²) in [6.45, 7) is 0. The SMILES string of the molecule is O=C(N/N=C/c1ccc(OC(=O)c2ccccc2Cl)cc1)C(=O)Nc1ccccc1C(=O)Nc1ccccc1. The van der Waals surface area contributed by atoms with Gasteiger partial charge < -0.3 is 15.4 Å². The number of nitrogens with one attached hydrogen (secondary N) is 3. The minimum Gasteiger partial charge on any atom is -0.423 e. The zero-order chi connectivity index (χ0) is 27.6. The Morgan fingerprint density at radius 1 is 0.692 bits per heavy atom. The van der Waals surface area contributed by atoms with E-state index >= 15 is 0 Å². The highest BCUT2D eigenvalue weighted by atomic mass is 35.5. The highest BCUT2D eigenvalue weighted by molar-refractivity contribution is 6.40. The molecule has 0 bridgehead atoms. The van der Waals surface area contributed by atoms with Gasteiger partial charge in [-0.1, -0.05) is 54.1 Å². The maximum Gasteiger partial charge on any atom is 0.345 e. The lowest BCUT2D eigenvalue weighted by atomic mass is 10.1. The molecule has 4 rings (SSSR count). The summed E-state index contributed by atoms with van der Waals surface area (Å²) in [6.07, 6.45) is 1.31. The summed E-state index contributed by atoms with van der Waals surface area (Å²) in [7, 11) is 0. The van der Waals surface area contributed by atoms with Gasteiger partial charge in [-0.15, -0.1) is 0 Å². The molecule has 0 saturated carbocycles. The molecule has 0 radical (unpaired) electrons. The van der Waals surface area contributed by atoms with Gasteiger partial charge in [0.05, 0.1) is 28.1 Å². The van der Waals surface area contributed by atoms with E-state index in [-0.39, 0.29) is 27.6 Å². The van der Waals surface area contributed by atoms with E-state index < -0.39 is 23.7 Å². The number of rotatable bonds is 7. The van der Waals surface area contributed by atoms with Gasteiger partial charge in [-0.05, 0) is 66.2 Å². The number of hydrogen-bond donors (Lipinski definition) is 3. The van der Waals surface area contributed by atoms with Crippen molar-refractivity contribution in [1.82, 2.24) is 5.43 Å². The second kappa shape index (κ2) is 12.8. The van der Waals surface area contributed by atoms with Crippen LogP contribution >= 0.6 is 11.6 Å². The predicted octanol–water partition coefficient (Wildman–Crippen LogP) is 4.90. The third-order valence-corrected chi connectivity index (χ3v) is 5.55. The van der Waals surface area contributed by atoms with E-state index in [0.717, 1.165) is 0 Å². The van der Waals surface area contributed by atoms with Gasteiger partial charge in [0.15, 0.2) is 0 Å². The predicted molar refractivity (Wildman–Crippen MR) is 148 cm³/mol. The molecule has 0 aliphatic carbocycles. The van der Waals surface area contributed by atoms with Gasteiger partial charge in [-0.2, -0.15) is 5.10 Å². The molecule has 4 aromatic carbocycles. The Balaban J connectivity index is 1.31. The number of anilines is 2. The summed E-state index contributed by atoms with van der Waals surface area (Å²) in [4.78, 5) is 49.6. The Morgan fingerprint density at radius 2 is 1.33 bits per heavy atom. The van der Waals surface area contributed by atoms with Crippen LogP contribution in [0.3, 0.4) is 0 Å². The van der Waals surface area contributed by atoms with Gasteiger partial charge in [0.1, 0.15) is 5.75 Å². The first-order chi connectivity index (χ1) is 18.9. The van der Waals surface area contributed by atoms with E-state index in [4.69, 9.17) is 16.3 Å². The number of amides is 3. The summed E-state index contributed by atoms with van der Waals surface area (Å²) in [6, 6.07) is 28.0. The van der Waals surface area contributed by atoms with Crippen LogP contribution in [0.2, 0.25) is 5.02 Å². The van der Waals surface area contributed by atoms with E-state index in [9.17, 15) is 19.2 Å². The van der Waals surface area contributed by atoms with E-state index in [0.29, 0.717) is 11.3 Å². The standard InChI is InChI=1S/C29H21ClN4O5/c30-24-12-6-4-10-22(24)29(38)39-21-16-14-19(15-17-21)18-31-34-28(37)27(36)33-25-13-7-5-11-23(25)26(35)32-20-8-2-1-3-9-20/h1-18H,(H,32,35)(H,33,36)(H,34,37)/b31-18+. The number of nitrogens with zero attached hydrogens (tertiary/aromatic N) is 1. The van der Waals surface area contributed by atoms with Crippen LogP contribution in [-0.4, -0.2) is 29.9 Å². The molecule has 9 nitrogen and oxygen atoms in total. The molecule has 0 atom stereocenters. The summed E-state index contributed by atoms with van der Waals surface area (Å²) in [5.41, 5.74) is 3.87. The van der Waals surface area contributed by atoms with Gasteiger partial charge in [0.2, 0.25) is 0 Å². The molecule has 0 aromatic heterocycles. The van der Waals surface area contributed by atoms with Crippen LogP contribution in [0.15, 0.2) is 108 Å². The topological polar surface area (TPSA) is 126 Å². The average Bonchev–Trinajstić information content (AvgIpc) is 2.95. The summed E-state index contributed by atoms with van der Waals surface area (Å²) >= 11 is 6.01. The largest absolute Gasteiger partial charge is 0.423 e. The fraction of sp³-hybridized carbons (Fsp3) is 0. The Kier molecular flexibility index (Phi) is 8.79. The number of carbonyl (C=O) groups is 4. The van der Waals surface area contributed by atoms with Crippen LogP contribution in [0.5, 0.6) is 5.75 Å². The summed E-state index contributed by atoms with van der Waals surface area (Å²) in [5, 5.41) is 9.22. The van der Waals surface area contributed by atoms with Gasteiger partial charge in [0, 0.05) is 5.69 Å². The lowest BCUT2D eigenvalue weighted by Gasteiger charge is -2.11. The van der Waals surface area contributed by atoms with Crippen molar-refractivity contribution in [2.45, 2.75) is 0 Å². The van der Waals surface area contributed by atoms with Crippen LogP contribution in [-0.2, 0) is 9.59 Å². The van der Waals surface area contributed by atoms with Crippen molar-refractivity contribution >= 4 is 52.9 Å². The zero-order valence-corrected chi connectivity index (χ0v) is 21.0.